The third-order valence-corrected chi connectivity index (χ3v) is 1.60. The molecule has 0 unspecified atom stereocenters. The average Bonchev–Trinajstić information content (AvgIpc) is 2.66. The van der Waals surface area contributed by atoms with Gasteiger partial charge in [-0.05, 0) is 6.42 Å². The molecule has 1 aromatic rings. The Morgan fingerprint density at radius 3 is 2.94 bits per heavy atom. The van der Waals surface area contributed by atoms with Crippen LogP contribution in [-0.2, 0) is 16.1 Å². The van der Waals surface area contributed by atoms with Gasteiger partial charge in [0.2, 0.25) is 11.7 Å². The van der Waals surface area contributed by atoms with Gasteiger partial charge in [0.25, 0.3) is 0 Å². The second kappa shape index (κ2) is 5.81. The second-order valence-corrected chi connectivity index (χ2v) is 3.04. The van der Waals surface area contributed by atoms with E-state index in [9.17, 15) is 9.59 Å². The zero-order chi connectivity index (χ0) is 12.0. The molecule has 2 amide bonds. The standard InChI is InChI=1S/C8H13N5O3/c1-2-3-6-10-7(12-11-6)8(15)13-16-4-5(9)14/h2-4H2,1H3,(H2,9,14)(H,13,15)(H,10,11,12). The van der Waals surface area contributed by atoms with Crippen molar-refractivity contribution >= 4 is 11.8 Å². The van der Waals surface area contributed by atoms with Crippen molar-refractivity contribution in [1.82, 2.24) is 20.7 Å². The fraction of sp³-hybridized carbons (Fsp3) is 0.500. The lowest BCUT2D eigenvalue weighted by Gasteiger charge is -1.99. The van der Waals surface area contributed by atoms with Gasteiger partial charge >= 0.3 is 5.91 Å². The lowest BCUT2D eigenvalue weighted by atomic mass is 10.3. The van der Waals surface area contributed by atoms with Crippen LogP contribution in [0.25, 0.3) is 0 Å². The minimum absolute atomic E-state index is 0.0343. The minimum atomic E-state index is -0.679. The number of nitrogens with zero attached hydrogens (tertiary/aromatic N) is 2. The third kappa shape index (κ3) is 3.65. The Kier molecular flexibility index (Phi) is 4.40. The Labute approximate surface area is 91.5 Å². The summed E-state index contributed by atoms with van der Waals surface area (Å²) in [5.41, 5.74) is 6.81. The highest BCUT2D eigenvalue weighted by Crippen LogP contribution is 1.96. The van der Waals surface area contributed by atoms with Gasteiger partial charge in [0, 0.05) is 6.42 Å². The summed E-state index contributed by atoms with van der Waals surface area (Å²) in [5, 5.41) is 6.31. The van der Waals surface area contributed by atoms with Crippen molar-refractivity contribution in [3.63, 3.8) is 0 Å². The molecule has 0 aliphatic carbocycles. The molecule has 1 heterocycles. The molecule has 8 heteroatoms. The first-order valence-electron chi connectivity index (χ1n) is 4.75. The maximum Gasteiger partial charge on any atom is 0.314 e. The molecule has 0 aliphatic heterocycles. The van der Waals surface area contributed by atoms with Crippen LogP contribution in [0.2, 0.25) is 0 Å². The summed E-state index contributed by atoms with van der Waals surface area (Å²) in [7, 11) is 0. The fourth-order valence-electron chi connectivity index (χ4n) is 0.964. The third-order valence-electron chi connectivity index (χ3n) is 1.60. The topological polar surface area (TPSA) is 123 Å². The molecule has 8 nitrogen and oxygen atoms in total. The van der Waals surface area contributed by atoms with Crippen molar-refractivity contribution in [3.8, 4) is 0 Å². The van der Waals surface area contributed by atoms with Crippen molar-refractivity contribution in [2.45, 2.75) is 19.8 Å². The summed E-state index contributed by atoms with van der Waals surface area (Å²) in [4.78, 5) is 30.1. The van der Waals surface area contributed by atoms with E-state index in [0.717, 1.165) is 6.42 Å². The molecule has 4 N–H and O–H groups in total. The summed E-state index contributed by atoms with van der Waals surface area (Å²) in [5.74, 6) is -0.711. The van der Waals surface area contributed by atoms with Gasteiger partial charge in [0.1, 0.15) is 5.82 Å². The number of aromatic amines is 1. The first-order valence-corrected chi connectivity index (χ1v) is 4.75. The van der Waals surface area contributed by atoms with E-state index in [4.69, 9.17) is 5.73 Å². The Bertz CT molecular complexity index is 376. The summed E-state index contributed by atoms with van der Waals surface area (Å²) in [6, 6.07) is 0. The predicted octanol–water partition coefficient (Wildman–Crippen LogP) is -1.10. The van der Waals surface area contributed by atoms with Crippen LogP contribution in [0, 0.1) is 0 Å². The van der Waals surface area contributed by atoms with Gasteiger partial charge in [0.05, 0.1) is 0 Å². The minimum Gasteiger partial charge on any atom is -0.368 e. The zero-order valence-electron chi connectivity index (χ0n) is 8.82. The van der Waals surface area contributed by atoms with Crippen LogP contribution in [0.1, 0.15) is 29.8 Å². The number of carbonyl (C=O) groups excluding carboxylic acids is 2. The van der Waals surface area contributed by atoms with Crippen molar-refractivity contribution in [1.29, 1.82) is 0 Å². The van der Waals surface area contributed by atoms with E-state index in [1.807, 2.05) is 12.4 Å². The van der Waals surface area contributed by atoms with Crippen LogP contribution in [0.4, 0.5) is 0 Å². The number of aromatic nitrogens is 3. The number of hydroxylamine groups is 1. The predicted molar refractivity (Wildman–Crippen MR) is 53.0 cm³/mol. The number of nitrogens with one attached hydrogen (secondary N) is 2. The molecule has 0 spiro atoms. The number of aryl methyl sites for hydroxylation is 1. The molecule has 0 saturated carbocycles. The molecular formula is C8H13N5O3. The van der Waals surface area contributed by atoms with E-state index < -0.39 is 18.4 Å². The lowest BCUT2D eigenvalue weighted by Crippen LogP contribution is -2.30. The highest BCUT2D eigenvalue weighted by Gasteiger charge is 2.12. The first-order chi connectivity index (χ1) is 7.63. The molecule has 0 radical (unpaired) electrons. The Hall–Kier alpha value is -1.96. The van der Waals surface area contributed by atoms with Gasteiger partial charge in [-0.3, -0.25) is 19.5 Å². The van der Waals surface area contributed by atoms with E-state index in [1.54, 1.807) is 0 Å². The van der Waals surface area contributed by atoms with Gasteiger partial charge in [-0.2, -0.15) is 0 Å². The van der Waals surface area contributed by atoms with E-state index in [-0.39, 0.29) is 5.82 Å². The van der Waals surface area contributed by atoms with E-state index in [1.165, 1.54) is 0 Å². The second-order valence-electron chi connectivity index (χ2n) is 3.04. The number of nitrogens with two attached hydrogens (primary N) is 1. The first kappa shape index (κ1) is 12.1. The molecule has 1 rings (SSSR count). The number of carbonyl (C=O) groups is 2. The molecule has 0 aromatic carbocycles. The van der Waals surface area contributed by atoms with E-state index >= 15 is 0 Å². The van der Waals surface area contributed by atoms with Crippen molar-refractivity contribution < 1.29 is 14.4 Å². The van der Waals surface area contributed by atoms with Crippen LogP contribution < -0.4 is 11.2 Å². The number of hydrogen-bond acceptors (Lipinski definition) is 5. The quantitative estimate of drug-likeness (QED) is 0.532. The lowest BCUT2D eigenvalue weighted by molar-refractivity contribution is -0.124. The van der Waals surface area contributed by atoms with E-state index in [0.29, 0.717) is 12.2 Å². The molecule has 0 atom stereocenters. The van der Waals surface area contributed by atoms with Crippen molar-refractivity contribution in [3.05, 3.63) is 11.6 Å². The zero-order valence-corrected chi connectivity index (χ0v) is 8.82. The monoisotopic (exact) mass is 227 g/mol. The van der Waals surface area contributed by atoms with Gasteiger partial charge in [-0.1, -0.05) is 6.92 Å². The van der Waals surface area contributed by atoms with Crippen molar-refractivity contribution in [2.24, 2.45) is 5.73 Å². The molecule has 16 heavy (non-hydrogen) atoms. The summed E-state index contributed by atoms with van der Waals surface area (Å²) < 4.78 is 0. The Morgan fingerprint density at radius 1 is 1.56 bits per heavy atom. The average molecular weight is 227 g/mol. The van der Waals surface area contributed by atoms with Crippen LogP contribution in [0.5, 0.6) is 0 Å². The molecule has 0 aliphatic rings. The van der Waals surface area contributed by atoms with Crippen molar-refractivity contribution in [2.75, 3.05) is 6.61 Å². The summed E-state index contributed by atoms with van der Waals surface area (Å²) in [6.07, 6.45) is 1.61. The highest BCUT2D eigenvalue weighted by atomic mass is 16.7. The van der Waals surface area contributed by atoms with Crippen LogP contribution in [0.3, 0.4) is 0 Å². The normalized spacial score (nSPS) is 10.1. The number of hydrogen-bond donors (Lipinski definition) is 3. The molecule has 0 fully saturated rings. The molecular weight excluding hydrogens is 214 g/mol. The van der Waals surface area contributed by atoms with E-state index in [2.05, 4.69) is 20.0 Å². The van der Waals surface area contributed by atoms with Crippen LogP contribution >= 0.6 is 0 Å². The Balaban J connectivity index is 2.43. The van der Waals surface area contributed by atoms with Gasteiger partial charge in [-0.15, -0.1) is 5.10 Å². The number of amides is 2. The molecule has 0 bridgehead atoms. The number of H-pyrrole nitrogens is 1. The van der Waals surface area contributed by atoms with Gasteiger partial charge in [-0.25, -0.2) is 10.5 Å². The summed E-state index contributed by atoms with van der Waals surface area (Å²) in [6.45, 7) is 1.59. The smallest absolute Gasteiger partial charge is 0.314 e. The number of rotatable bonds is 6. The molecule has 88 valence electrons. The highest BCUT2D eigenvalue weighted by molar-refractivity contribution is 5.89. The van der Waals surface area contributed by atoms with Gasteiger partial charge in [0.15, 0.2) is 6.61 Å². The SMILES string of the molecule is CCCc1nc(C(=O)NOCC(N)=O)n[nH]1. The molecule has 1 aromatic heterocycles. The maximum absolute atomic E-state index is 11.3. The maximum atomic E-state index is 11.3. The largest absolute Gasteiger partial charge is 0.368 e. The summed E-state index contributed by atoms with van der Waals surface area (Å²) >= 11 is 0. The number of primary amides is 1. The van der Waals surface area contributed by atoms with Crippen LogP contribution in [0.15, 0.2) is 0 Å². The Morgan fingerprint density at radius 2 is 2.31 bits per heavy atom. The molecule has 0 saturated heterocycles. The van der Waals surface area contributed by atoms with Gasteiger partial charge < -0.3 is 5.73 Å². The van der Waals surface area contributed by atoms with Crippen LogP contribution in [-0.4, -0.2) is 33.6 Å². The fourth-order valence-corrected chi connectivity index (χ4v) is 0.964.